The standard InChI is InChI=1S/C16H15NO2.Li/c1-19-15(18)12-17-16(13-8-4-2-5-9-13)14-10-6-3-7-11-14;/h2-12,18H,1H3;/q;+1/p-1/b15-12+;. The second-order valence-corrected chi connectivity index (χ2v) is 3.86. The fourth-order valence-electron chi connectivity index (χ4n) is 1.68. The van der Waals surface area contributed by atoms with Crippen LogP contribution in [-0.4, -0.2) is 12.8 Å². The van der Waals surface area contributed by atoms with Gasteiger partial charge < -0.3 is 9.84 Å². The van der Waals surface area contributed by atoms with Crippen molar-refractivity contribution in [3.8, 4) is 0 Å². The maximum absolute atomic E-state index is 11.2. The number of rotatable bonds is 4. The zero-order chi connectivity index (χ0) is 13.5. The molecule has 0 radical (unpaired) electrons. The second kappa shape index (κ2) is 8.26. The van der Waals surface area contributed by atoms with Crippen LogP contribution in [0.1, 0.15) is 11.1 Å². The normalized spacial score (nSPS) is 10.3. The maximum Gasteiger partial charge on any atom is 1.00 e. The van der Waals surface area contributed by atoms with Gasteiger partial charge >= 0.3 is 18.9 Å². The third kappa shape index (κ3) is 4.31. The summed E-state index contributed by atoms with van der Waals surface area (Å²) in [4.78, 5) is 4.25. The van der Waals surface area contributed by atoms with Gasteiger partial charge in [-0.3, -0.25) is 4.99 Å². The van der Waals surface area contributed by atoms with Gasteiger partial charge in [-0.2, -0.15) is 0 Å². The van der Waals surface area contributed by atoms with Crippen molar-refractivity contribution in [3.05, 3.63) is 83.9 Å². The molecule has 0 aromatic heterocycles. The topological polar surface area (TPSA) is 44.6 Å². The van der Waals surface area contributed by atoms with E-state index in [-0.39, 0.29) is 18.9 Å². The Balaban J connectivity index is 0.00000200. The number of methoxy groups -OCH3 is 1. The molecule has 2 aromatic carbocycles. The minimum atomic E-state index is -0.468. The van der Waals surface area contributed by atoms with Crippen LogP contribution in [0.25, 0.3) is 0 Å². The molecule has 3 nitrogen and oxygen atoms in total. The first kappa shape index (κ1) is 16.1. The molecule has 0 spiro atoms. The van der Waals surface area contributed by atoms with E-state index < -0.39 is 5.95 Å². The van der Waals surface area contributed by atoms with Gasteiger partial charge in [0.25, 0.3) is 0 Å². The number of hydrogen-bond acceptors (Lipinski definition) is 3. The third-order valence-electron chi connectivity index (χ3n) is 2.59. The molecule has 0 fully saturated rings. The molecule has 2 rings (SSSR count). The maximum atomic E-state index is 11.2. The molecule has 0 aliphatic carbocycles. The van der Waals surface area contributed by atoms with Gasteiger partial charge in [0.2, 0.25) is 0 Å². The molecular formula is C16H14LiNO2. The van der Waals surface area contributed by atoms with Crippen LogP contribution in [0.5, 0.6) is 0 Å². The van der Waals surface area contributed by atoms with E-state index in [4.69, 9.17) is 0 Å². The van der Waals surface area contributed by atoms with E-state index in [0.29, 0.717) is 0 Å². The zero-order valence-electron chi connectivity index (χ0n) is 11.6. The summed E-state index contributed by atoms with van der Waals surface area (Å²) in [6.45, 7) is 0. The Morgan fingerprint density at radius 1 is 0.950 bits per heavy atom. The minimum absolute atomic E-state index is 0. The molecule has 0 amide bonds. The van der Waals surface area contributed by atoms with Gasteiger partial charge in [0, 0.05) is 17.3 Å². The first-order valence-electron chi connectivity index (χ1n) is 5.91. The predicted molar refractivity (Wildman–Crippen MR) is 73.6 cm³/mol. The summed E-state index contributed by atoms with van der Waals surface area (Å²) in [7, 11) is 1.33. The molecule has 4 heteroatoms. The van der Waals surface area contributed by atoms with Crippen molar-refractivity contribution in [2.75, 3.05) is 7.11 Å². The summed E-state index contributed by atoms with van der Waals surface area (Å²) in [5, 5.41) is 11.2. The van der Waals surface area contributed by atoms with E-state index in [9.17, 15) is 5.11 Å². The Morgan fingerprint density at radius 2 is 1.40 bits per heavy atom. The Hall–Kier alpha value is -1.95. The Bertz CT molecular complexity index is 538. The summed E-state index contributed by atoms with van der Waals surface area (Å²) in [6, 6.07) is 19.4. The van der Waals surface area contributed by atoms with E-state index in [0.717, 1.165) is 16.8 Å². The average Bonchev–Trinajstić information content (AvgIpc) is 2.49. The molecule has 2 aromatic rings. The second-order valence-electron chi connectivity index (χ2n) is 3.86. The molecule has 0 unspecified atom stereocenters. The van der Waals surface area contributed by atoms with Crippen molar-refractivity contribution in [2.45, 2.75) is 0 Å². The fourth-order valence-corrected chi connectivity index (χ4v) is 1.68. The van der Waals surface area contributed by atoms with Crippen molar-refractivity contribution >= 4 is 5.71 Å². The molecule has 0 saturated heterocycles. The molecule has 0 saturated carbocycles. The largest absolute Gasteiger partial charge is 1.00 e. The smallest absolute Gasteiger partial charge is 0.616 e. The van der Waals surface area contributed by atoms with Gasteiger partial charge in [-0.15, -0.1) is 0 Å². The SMILES string of the molecule is CO/C([O-])=C/N=C(c1ccccc1)c1ccccc1.[Li+]. The quantitative estimate of drug-likeness (QED) is 0.415. The van der Waals surface area contributed by atoms with Crippen molar-refractivity contribution in [1.82, 2.24) is 0 Å². The van der Waals surface area contributed by atoms with Gasteiger partial charge in [-0.05, 0) is 7.11 Å². The summed E-state index contributed by atoms with van der Waals surface area (Å²) in [5.41, 5.74) is 2.65. The van der Waals surface area contributed by atoms with E-state index in [1.807, 2.05) is 60.7 Å². The number of benzene rings is 2. The van der Waals surface area contributed by atoms with Crippen LogP contribution in [-0.2, 0) is 4.74 Å². The average molecular weight is 259 g/mol. The van der Waals surface area contributed by atoms with Crippen molar-refractivity contribution in [3.63, 3.8) is 0 Å². The van der Waals surface area contributed by atoms with E-state index in [1.165, 1.54) is 13.3 Å². The molecule has 0 bridgehead atoms. The van der Waals surface area contributed by atoms with Gasteiger partial charge in [-0.1, -0.05) is 60.7 Å². The molecule has 96 valence electrons. The summed E-state index contributed by atoms with van der Waals surface area (Å²) in [5.74, 6) is -0.468. The Kier molecular flexibility index (Phi) is 6.65. The van der Waals surface area contributed by atoms with Crippen molar-refractivity contribution < 1.29 is 28.7 Å². The third-order valence-corrected chi connectivity index (χ3v) is 2.59. The van der Waals surface area contributed by atoms with E-state index in [1.54, 1.807) is 0 Å². The molecule has 0 N–H and O–H groups in total. The molecule has 0 aliphatic heterocycles. The van der Waals surface area contributed by atoms with Gasteiger partial charge in [0.1, 0.15) is 0 Å². The molecule has 0 atom stereocenters. The summed E-state index contributed by atoms with van der Waals surface area (Å²) >= 11 is 0. The van der Waals surface area contributed by atoms with E-state index >= 15 is 0 Å². The van der Waals surface area contributed by atoms with Crippen LogP contribution in [0.3, 0.4) is 0 Å². The van der Waals surface area contributed by atoms with Gasteiger partial charge in [-0.25, -0.2) is 0 Å². The van der Waals surface area contributed by atoms with Gasteiger partial charge in [0.05, 0.1) is 11.7 Å². The predicted octanol–water partition coefficient (Wildman–Crippen LogP) is -0.666. The van der Waals surface area contributed by atoms with Crippen LogP contribution in [0, 0.1) is 0 Å². The summed E-state index contributed by atoms with van der Waals surface area (Å²) < 4.78 is 4.57. The molecular weight excluding hydrogens is 245 g/mol. The first-order chi connectivity index (χ1) is 9.31. The van der Waals surface area contributed by atoms with Crippen LogP contribution < -0.4 is 24.0 Å². The Labute approximate surface area is 130 Å². The Morgan fingerprint density at radius 3 is 1.80 bits per heavy atom. The van der Waals surface area contributed by atoms with Crippen LogP contribution >= 0.6 is 0 Å². The minimum Gasteiger partial charge on any atom is -0.616 e. The van der Waals surface area contributed by atoms with Crippen molar-refractivity contribution in [2.24, 2.45) is 4.99 Å². The van der Waals surface area contributed by atoms with Crippen LogP contribution in [0.2, 0.25) is 0 Å². The number of hydrogen-bond donors (Lipinski definition) is 0. The monoisotopic (exact) mass is 259 g/mol. The zero-order valence-corrected chi connectivity index (χ0v) is 11.6. The summed E-state index contributed by atoms with van der Waals surface area (Å²) in [6.07, 6.45) is 1.19. The van der Waals surface area contributed by atoms with Crippen LogP contribution in [0.15, 0.2) is 77.8 Å². The van der Waals surface area contributed by atoms with Crippen molar-refractivity contribution in [1.29, 1.82) is 0 Å². The fraction of sp³-hybridized carbons (Fsp3) is 0.0625. The van der Waals surface area contributed by atoms with Gasteiger partial charge in [0.15, 0.2) is 0 Å². The first-order valence-corrected chi connectivity index (χ1v) is 5.91. The van der Waals surface area contributed by atoms with Crippen LogP contribution in [0.4, 0.5) is 0 Å². The number of nitrogens with zero attached hydrogens (tertiary/aromatic N) is 1. The number of ether oxygens (including phenoxy) is 1. The van der Waals surface area contributed by atoms with E-state index in [2.05, 4.69) is 9.73 Å². The molecule has 0 aliphatic rings. The number of aliphatic imine (C=N–C) groups is 1. The molecule has 20 heavy (non-hydrogen) atoms. The molecule has 0 heterocycles.